The van der Waals surface area contributed by atoms with Crippen molar-refractivity contribution in [2.75, 3.05) is 42.9 Å². The first kappa shape index (κ1) is 37.2. The fraction of sp³-hybridized carbons (Fsp3) is 0.525. The second kappa shape index (κ2) is 15.1. The average molecular weight is 771 g/mol. The van der Waals surface area contributed by atoms with Crippen molar-refractivity contribution in [2.24, 2.45) is 17.3 Å². The summed E-state index contributed by atoms with van der Waals surface area (Å²) in [5.74, 6) is 0.635. The van der Waals surface area contributed by atoms with Crippen LogP contribution in [0, 0.1) is 34.3 Å². The summed E-state index contributed by atoms with van der Waals surface area (Å²) in [5, 5.41) is 16.0. The summed E-state index contributed by atoms with van der Waals surface area (Å²) in [4.78, 5) is 41.7. The number of aryl methyl sites for hydroxylation is 1. The molecular formula is C40H50N8O6S. The Bertz CT molecular complexity index is 2180. The molecule has 55 heavy (non-hydrogen) atoms. The fourth-order valence-corrected chi connectivity index (χ4v) is 10.3. The number of hydrogen-bond acceptors (Lipinski definition) is 11. The number of nitrogens with zero attached hydrogens (tertiary/aromatic N) is 5. The Morgan fingerprint density at radius 2 is 1.80 bits per heavy atom. The maximum Gasteiger partial charge on any atom is 0.312 e. The summed E-state index contributed by atoms with van der Waals surface area (Å²) in [6.07, 6.45) is 14.9. The molecule has 8 rings (SSSR count). The molecule has 2 saturated carbocycles. The number of carbonyl (C=O) groups excluding carboxylic acids is 1. The Morgan fingerprint density at radius 3 is 2.53 bits per heavy atom. The van der Waals surface area contributed by atoms with Crippen LogP contribution in [-0.2, 0) is 10.0 Å². The molecule has 3 aromatic heterocycles. The Balaban J connectivity index is 1.01. The van der Waals surface area contributed by atoms with Gasteiger partial charge in [0, 0.05) is 55.1 Å². The van der Waals surface area contributed by atoms with Crippen molar-refractivity contribution in [1.29, 1.82) is 0 Å². The topological polar surface area (TPSA) is 176 Å². The largest absolute Gasteiger partial charge is 0.455 e. The molecule has 5 heterocycles. The minimum Gasteiger partial charge on any atom is -0.455 e. The molecule has 1 spiro atoms. The van der Waals surface area contributed by atoms with Gasteiger partial charge in [-0.15, -0.1) is 0 Å². The van der Waals surface area contributed by atoms with Gasteiger partial charge in [0.15, 0.2) is 0 Å². The van der Waals surface area contributed by atoms with Crippen LogP contribution in [-0.4, -0.2) is 77.9 Å². The molecular weight excluding hydrogens is 721 g/mol. The van der Waals surface area contributed by atoms with Crippen LogP contribution in [0.5, 0.6) is 11.5 Å². The molecule has 0 bridgehead atoms. The lowest BCUT2D eigenvalue weighted by molar-refractivity contribution is -0.384. The normalized spacial score (nSPS) is 21.7. The molecule has 0 unspecified atom stereocenters. The number of sulfonamides is 1. The fourth-order valence-electron chi connectivity index (χ4n) is 9.16. The second-order valence-corrected chi connectivity index (χ2v) is 18.0. The van der Waals surface area contributed by atoms with Crippen LogP contribution < -0.4 is 19.7 Å². The minimum absolute atomic E-state index is 0.0115. The zero-order valence-electron chi connectivity index (χ0n) is 31.6. The number of ether oxygens (including phenoxy) is 1. The van der Waals surface area contributed by atoms with Gasteiger partial charge in [-0.3, -0.25) is 14.9 Å². The van der Waals surface area contributed by atoms with Crippen molar-refractivity contribution in [1.82, 2.24) is 24.6 Å². The highest BCUT2D eigenvalue weighted by atomic mass is 32.2. The molecule has 4 aromatic rings. The maximum atomic E-state index is 13.9. The Labute approximate surface area is 321 Å². The highest BCUT2D eigenvalue weighted by molar-refractivity contribution is 7.90. The summed E-state index contributed by atoms with van der Waals surface area (Å²) in [6.45, 7) is 8.39. The number of benzene rings is 1. The number of fused-ring (bicyclic) bond motifs is 1. The number of aromatic amines is 1. The molecule has 14 nitrogen and oxygen atoms in total. The monoisotopic (exact) mass is 770 g/mol. The number of nitrogens with one attached hydrogen (secondary N) is 3. The molecule has 1 aromatic carbocycles. The van der Waals surface area contributed by atoms with E-state index in [4.69, 9.17) is 4.74 Å². The van der Waals surface area contributed by atoms with E-state index in [0.29, 0.717) is 41.2 Å². The predicted molar refractivity (Wildman–Crippen MR) is 210 cm³/mol. The number of aromatic nitrogens is 3. The van der Waals surface area contributed by atoms with E-state index >= 15 is 0 Å². The average Bonchev–Trinajstić information content (AvgIpc) is 3.86. The van der Waals surface area contributed by atoms with Gasteiger partial charge in [0.1, 0.15) is 22.0 Å². The molecule has 2 aliphatic heterocycles. The standard InChI is InChI=1S/C40H50N8O6S/c1-26-5-7-28(8-6-26)24-42-38-34(48(50)51)21-36(27(2)44-38)55(52,53)45-39(49)33-10-9-30(20-35(33)54-32-19-29-11-14-41-37(29)43-25-32)47-17-12-40(13-18-47)22-31(23-40)46-15-3-4-16-46/h9-11,14,19-21,25-26,28,31H,3-8,12-13,15-18,22-24H2,1-2H3,(H,41,43)(H,42,44)(H,45,49). The molecule has 3 N–H and O–H groups in total. The SMILES string of the molecule is Cc1nc(NCC2CCC(C)CC2)c([N+](=O)[O-])cc1S(=O)(=O)NC(=O)c1ccc(N2CCC3(CC2)CC(N2CCCC2)C3)cc1Oc1cnc2[nH]ccc2c1. The van der Waals surface area contributed by atoms with E-state index in [9.17, 15) is 23.3 Å². The number of amides is 1. The predicted octanol–water partition coefficient (Wildman–Crippen LogP) is 7.17. The second-order valence-electron chi connectivity index (χ2n) is 16.3. The summed E-state index contributed by atoms with van der Waals surface area (Å²) in [6, 6.07) is 10.5. The number of anilines is 2. The third kappa shape index (κ3) is 7.86. The van der Waals surface area contributed by atoms with Crippen LogP contribution in [0.25, 0.3) is 11.0 Å². The van der Waals surface area contributed by atoms with Crippen LogP contribution >= 0.6 is 0 Å². The number of nitro groups is 1. The molecule has 4 fully saturated rings. The lowest BCUT2D eigenvalue weighted by atomic mass is 9.60. The highest BCUT2D eigenvalue weighted by Gasteiger charge is 2.48. The summed E-state index contributed by atoms with van der Waals surface area (Å²) < 4.78 is 36.0. The van der Waals surface area contributed by atoms with Gasteiger partial charge in [0.05, 0.1) is 22.4 Å². The molecule has 292 valence electrons. The van der Waals surface area contributed by atoms with Gasteiger partial charge in [-0.2, -0.15) is 0 Å². The van der Waals surface area contributed by atoms with Crippen LogP contribution in [0.15, 0.2) is 53.7 Å². The Morgan fingerprint density at radius 1 is 1.05 bits per heavy atom. The third-order valence-corrected chi connectivity index (χ3v) is 14.0. The number of rotatable bonds is 11. The minimum atomic E-state index is -4.59. The molecule has 0 radical (unpaired) electrons. The van der Waals surface area contributed by atoms with E-state index in [0.717, 1.165) is 68.8 Å². The van der Waals surface area contributed by atoms with E-state index in [1.165, 1.54) is 45.7 Å². The van der Waals surface area contributed by atoms with Crippen molar-refractivity contribution in [3.63, 3.8) is 0 Å². The first-order chi connectivity index (χ1) is 26.4. The molecule has 1 amide bonds. The van der Waals surface area contributed by atoms with Gasteiger partial charge in [-0.05, 0) is 113 Å². The van der Waals surface area contributed by atoms with Gasteiger partial charge in [-0.25, -0.2) is 23.1 Å². The molecule has 15 heteroatoms. The molecule has 2 saturated heterocycles. The first-order valence-corrected chi connectivity index (χ1v) is 21.1. The van der Waals surface area contributed by atoms with Gasteiger partial charge in [-0.1, -0.05) is 19.8 Å². The zero-order chi connectivity index (χ0) is 38.3. The summed E-state index contributed by atoms with van der Waals surface area (Å²) in [5.41, 5.74) is 1.49. The van der Waals surface area contributed by atoms with Crippen molar-refractivity contribution < 1.29 is 22.9 Å². The van der Waals surface area contributed by atoms with Crippen molar-refractivity contribution in [3.8, 4) is 11.5 Å². The smallest absolute Gasteiger partial charge is 0.312 e. The van der Waals surface area contributed by atoms with Crippen LogP contribution in [0.1, 0.15) is 87.2 Å². The number of likely N-dealkylation sites (tertiary alicyclic amines) is 1. The molecule has 0 atom stereocenters. The zero-order valence-corrected chi connectivity index (χ0v) is 32.4. The van der Waals surface area contributed by atoms with Gasteiger partial charge in [0.25, 0.3) is 15.9 Å². The van der Waals surface area contributed by atoms with Crippen molar-refractivity contribution in [3.05, 3.63) is 70.2 Å². The van der Waals surface area contributed by atoms with E-state index in [1.807, 2.05) is 12.1 Å². The Kier molecular flexibility index (Phi) is 10.2. The van der Waals surface area contributed by atoms with Crippen molar-refractivity contribution in [2.45, 2.75) is 89.0 Å². The number of piperidine rings is 1. The lowest BCUT2D eigenvalue weighted by Crippen LogP contribution is -2.54. The van der Waals surface area contributed by atoms with E-state index < -0.39 is 31.4 Å². The summed E-state index contributed by atoms with van der Waals surface area (Å²) in [7, 11) is -4.59. The maximum absolute atomic E-state index is 13.9. The summed E-state index contributed by atoms with van der Waals surface area (Å²) >= 11 is 0. The number of H-pyrrole nitrogens is 1. The Hall–Kier alpha value is -4.76. The van der Waals surface area contributed by atoms with Crippen LogP contribution in [0.4, 0.5) is 17.2 Å². The molecule has 4 aliphatic rings. The van der Waals surface area contributed by atoms with E-state index in [-0.39, 0.29) is 22.8 Å². The number of pyridine rings is 2. The number of hydrogen-bond donors (Lipinski definition) is 3. The van der Waals surface area contributed by atoms with Crippen LogP contribution in [0.3, 0.4) is 0 Å². The highest BCUT2D eigenvalue weighted by Crippen LogP contribution is 2.52. The first-order valence-electron chi connectivity index (χ1n) is 19.7. The molecule has 2 aliphatic carbocycles. The number of carbonyl (C=O) groups is 1. The lowest BCUT2D eigenvalue weighted by Gasteiger charge is -2.55. The third-order valence-electron chi connectivity index (χ3n) is 12.5. The van der Waals surface area contributed by atoms with Gasteiger partial charge < -0.3 is 24.8 Å². The van der Waals surface area contributed by atoms with Crippen molar-refractivity contribution >= 4 is 44.2 Å². The van der Waals surface area contributed by atoms with Gasteiger partial charge in [0.2, 0.25) is 5.82 Å². The van der Waals surface area contributed by atoms with Gasteiger partial charge >= 0.3 is 5.69 Å². The van der Waals surface area contributed by atoms with Crippen LogP contribution in [0.2, 0.25) is 0 Å². The van der Waals surface area contributed by atoms with E-state index in [2.05, 4.69) is 41.7 Å². The van der Waals surface area contributed by atoms with E-state index in [1.54, 1.807) is 30.6 Å². The quantitative estimate of drug-likeness (QED) is 0.104.